The zero-order valence-corrected chi connectivity index (χ0v) is 10.7. The number of nitrogens with one attached hydrogen (secondary N) is 2. The molecule has 1 aromatic carbocycles. The molecular formula is C11H12FN3O2S. The van der Waals surface area contributed by atoms with Crippen molar-refractivity contribution in [3.05, 3.63) is 41.5 Å². The van der Waals surface area contributed by atoms with Crippen molar-refractivity contribution in [3.63, 3.8) is 0 Å². The number of benzene rings is 1. The second-order valence-electron chi connectivity index (χ2n) is 3.87. The number of hydrogen-bond acceptors (Lipinski definition) is 3. The highest BCUT2D eigenvalue weighted by Crippen LogP contribution is 2.21. The van der Waals surface area contributed by atoms with Gasteiger partial charge in [0.1, 0.15) is 5.82 Å². The number of rotatable bonds is 3. The Balaban J connectivity index is 2.39. The summed E-state index contributed by atoms with van der Waals surface area (Å²) < 4.78 is 39.5. The van der Waals surface area contributed by atoms with Crippen LogP contribution in [0.15, 0.2) is 29.2 Å². The summed E-state index contributed by atoms with van der Waals surface area (Å²) in [6.07, 6.45) is 0. The monoisotopic (exact) mass is 269 g/mol. The number of anilines is 1. The van der Waals surface area contributed by atoms with Crippen molar-refractivity contribution in [2.24, 2.45) is 0 Å². The summed E-state index contributed by atoms with van der Waals surface area (Å²) in [5.74, 6) is -0.599. The van der Waals surface area contributed by atoms with E-state index < -0.39 is 15.8 Å². The van der Waals surface area contributed by atoms with Gasteiger partial charge in [-0.05, 0) is 32.0 Å². The van der Waals surface area contributed by atoms with Gasteiger partial charge in [0.25, 0.3) is 10.0 Å². The van der Waals surface area contributed by atoms with Gasteiger partial charge in [0.15, 0.2) is 0 Å². The SMILES string of the molecule is Cc1n[nH]c(C)c1NS(=O)(=O)c1cccc(F)c1. The predicted molar refractivity (Wildman–Crippen MR) is 65.3 cm³/mol. The maximum atomic E-state index is 13.0. The molecule has 18 heavy (non-hydrogen) atoms. The summed E-state index contributed by atoms with van der Waals surface area (Å²) in [4.78, 5) is -0.123. The van der Waals surface area contributed by atoms with Crippen molar-refractivity contribution in [2.75, 3.05) is 4.72 Å². The summed E-state index contributed by atoms with van der Waals surface area (Å²) >= 11 is 0. The minimum atomic E-state index is -3.80. The van der Waals surface area contributed by atoms with Crippen LogP contribution in [-0.2, 0) is 10.0 Å². The summed E-state index contributed by atoms with van der Waals surface area (Å²) in [5.41, 5.74) is 1.53. The standard InChI is InChI=1S/C11H12FN3O2S/c1-7-11(8(2)14-13-7)15-18(16,17)10-5-3-4-9(12)6-10/h3-6,15H,1-2H3,(H,13,14). The molecule has 1 heterocycles. The highest BCUT2D eigenvalue weighted by Gasteiger charge is 2.18. The zero-order valence-electron chi connectivity index (χ0n) is 9.86. The van der Waals surface area contributed by atoms with Gasteiger partial charge in [-0.25, -0.2) is 12.8 Å². The van der Waals surface area contributed by atoms with Crippen LogP contribution in [0.25, 0.3) is 0 Å². The van der Waals surface area contributed by atoms with Gasteiger partial charge in [0.2, 0.25) is 0 Å². The van der Waals surface area contributed by atoms with E-state index in [1.165, 1.54) is 18.2 Å². The fourth-order valence-electron chi connectivity index (χ4n) is 1.53. The predicted octanol–water partition coefficient (Wildman–Crippen LogP) is 1.97. The molecule has 0 aliphatic heterocycles. The van der Waals surface area contributed by atoms with E-state index in [1.807, 2.05) is 0 Å². The van der Waals surface area contributed by atoms with Gasteiger partial charge in [0, 0.05) is 0 Å². The van der Waals surface area contributed by atoms with E-state index in [-0.39, 0.29) is 4.90 Å². The molecule has 0 saturated heterocycles. The molecule has 0 spiro atoms. The van der Waals surface area contributed by atoms with Crippen molar-refractivity contribution in [2.45, 2.75) is 18.7 Å². The van der Waals surface area contributed by atoms with Crippen LogP contribution in [0.3, 0.4) is 0 Å². The fourth-order valence-corrected chi connectivity index (χ4v) is 2.74. The van der Waals surface area contributed by atoms with Crippen LogP contribution < -0.4 is 4.72 Å². The summed E-state index contributed by atoms with van der Waals surface area (Å²) in [6, 6.07) is 4.83. The molecule has 2 rings (SSSR count). The average Bonchev–Trinajstić information content (AvgIpc) is 2.60. The summed E-state index contributed by atoms with van der Waals surface area (Å²) in [5, 5.41) is 6.56. The first-order chi connectivity index (χ1) is 8.40. The number of aromatic nitrogens is 2. The Morgan fingerprint density at radius 2 is 2.06 bits per heavy atom. The minimum absolute atomic E-state index is 0.123. The maximum absolute atomic E-state index is 13.0. The second kappa shape index (κ2) is 4.41. The van der Waals surface area contributed by atoms with Crippen molar-refractivity contribution in [3.8, 4) is 0 Å². The molecule has 7 heteroatoms. The first-order valence-electron chi connectivity index (χ1n) is 5.20. The largest absolute Gasteiger partial charge is 0.280 e. The van der Waals surface area contributed by atoms with Crippen molar-refractivity contribution in [1.29, 1.82) is 0 Å². The molecule has 0 amide bonds. The lowest BCUT2D eigenvalue weighted by Crippen LogP contribution is -2.14. The Kier molecular flexibility index (Phi) is 3.08. The highest BCUT2D eigenvalue weighted by molar-refractivity contribution is 7.92. The molecule has 0 bridgehead atoms. The molecule has 5 nitrogen and oxygen atoms in total. The molecule has 0 radical (unpaired) electrons. The third-order valence-corrected chi connectivity index (χ3v) is 3.82. The molecule has 0 fully saturated rings. The van der Waals surface area contributed by atoms with Crippen LogP contribution in [0.2, 0.25) is 0 Å². The van der Waals surface area contributed by atoms with E-state index in [9.17, 15) is 12.8 Å². The first kappa shape index (κ1) is 12.6. The van der Waals surface area contributed by atoms with Crippen LogP contribution in [0, 0.1) is 19.7 Å². The van der Waals surface area contributed by atoms with E-state index in [4.69, 9.17) is 0 Å². The zero-order chi connectivity index (χ0) is 13.3. The molecule has 96 valence electrons. The molecule has 0 aliphatic carbocycles. The molecule has 1 aromatic heterocycles. The molecule has 0 aliphatic rings. The Hall–Kier alpha value is -1.89. The number of H-pyrrole nitrogens is 1. The lowest BCUT2D eigenvalue weighted by Gasteiger charge is -2.08. The molecule has 2 aromatic rings. The third kappa shape index (κ3) is 2.35. The number of sulfonamides is 1. The Morgan fingerprint density at radius 3 is 2.61 bits per heavy atom. The maximum Gasteiger partial charge on any atom is 0.262 e. The van der Waals surface area contributed by atoms with Crippen LogP contribution in [-0.4, -0.2) is 18.6 Å². The molecule has 2 N–H and O–H groups in total. The van der Waals surface area contributed by atoms with Crippen molar-refractivity contribution >= 4 is 15.7 Å². The number of aryl methyl sites for hydroxylation is 2. The van der Waals surface area contributed by atoms with Gasteiger partial charge in [0.05, 0.1) is 22.0 Å². The number of aromatic amines is 1. The van der Waals surface area contributed by atoms with Crippen molar-refractivity contribution in [1.82, 2.24) is 10.2 Å². The van der Waals surface area contributed by atoms with Gasteiger partial charge in [-0.3, -0.25) is 9.82 Å². The molecule has 0 saturated carbocycles. The molecular weight excluding hydrogens is 257 g/mol. The summed E-state index contributed by atoms with van der Waals surface area (Å²) in [7, 11) is -3.80. The topological polar surface area (TPSA) is 74.8 Å². The lowest BCUT2D eigenvalue weighted by molar-refractivity contribution is 0.595. The number of nitrogens with zero attached hydrogens (tertiary/aromatic N) is 1. The fraction of sp³-hybridized carbons (Fsp3) is 0.182. The van der Waals surface area contributed by atoms with Gasteiger partial charge in [-0.2, -0.15) is 5.10 Å². The van der Waals surface area contributed by atoms with Gasteiger partial charge >= 0.3 is 0 Å². The first-order valence-corrected chi connectivity index (χ1v) is 6.68. The lowest BCUT2D eigenvalue weighted by atomic mass is 10.3. The van der Waals surface area contributed by atoms with E-state index in [2.05, 4.69) is 14.9 Å². The third-order valence-electron chi connectivity index (χ3n) is 2.47. The Labute approximate surface area is 104 Å². The Morgan fingerprint density at radius 1 is 1.33 bits per heavy atom. The quantitative estimate of drug-likeness (QED) is 0.894. The van der Waals surface area contributed by atoms with Gasteiger partial charge < -0.3 is 0 Å². The van der Waals surface area contributed by atoms with Crippen LogP contribution in [0.5, 0.6) is 0 Å². The average molecular weight is 269 g/mol. The molecule has 0 unspecified atom stereocenters. The van der Waals surface area contributed by atoms with E-state index in [0.717, 1.165) is 6.07 Å². The minimum Gasteiger partial charge on any atom is -0.280 e. The highest BCUT2D eigenvalue weighted by atomic mass is 32.2. The van der Waals surface area contributed by atoms with Crippen LogP contribution in [0.1, 0.15) is 11.4 Å². The summed E-state index contributed by atoms with van der Waals surface area (Å²) in [6.45, 7) is 3.37. The van der Waals surface area contributed by atoms with E-state index in [0.29, 0.717) is 17.1 Å². The van der Waals surface area contributed by atoms with E-state index in [1.54, 1.807) is 13.8 Å². The smallest absolute Gasteiger partial charge is 0.262 e. The van der Waals surface area contributed by atoms with Crippen LogP contribution >= 0.6 is 0 Å². The Bertz CT molecular complexity index is 660. The normalized spacial score (nSPS) is 11.5. The van der Waals surface area contributed by atoms with Gasteiger partial charge in [-0.1, -0.05) is 6.07 Å². The van der Waals surface area contributed by atoms with E-state index >= 15 is 0 Å². The molecule has 0 atom stereocenters. The van der Waals surface area contributed by atoms with Crippen LogP contribution in [0.4, 0.5) is 10.1 Å². The van der Waals surface area contributed by atoms with Gasteiger partial charge in [-0.15, -0.1) is 0 Å². The second-order valence-corrected chi connectivity index (χ2v) is 5.55. The van der Waals surface area contributed by atoms with Crippen molar-refractivity contribution < 1.29 is 12.8 Å². The number of hydrogen-bond donors (Lipinski definition) is 2. The number of halogens is 1.